The van der Waals surface area contributed by atoms with Gasteiger partial charge in [0, 0.05) is 23.7 Å². The number of aromatic nitrogens is 2. The molecule has 21 heavy (non-hydrogen) atoms. The van der Waals surface area contributed by atoms with E-state index in [4.69, 9.17) is 0 Å². The van der Waals surface area contributed by atoms with Crippen molar-refractivity contribution >= 4 is 11.6 Å². The number of aryl methyl sites for hydroxylation is 4. The van der Waals surface area contributed by atoms with Gasteiger partial charge >= 0.3 is 0 Å². The van der Waals surface area contributed by atoms with Gasteiger partial charge in [0.2, 0.25) is 5.91 Å². The van der Waals surface area contributed by atoms with Crippen molar-refractivity contribution in [3.63, 3.8) is 0 Å². The minimum Gasteiger partial charge on any atom is -0.348 e. The van der Waals surface area contributed by atoms with E-state index in [1.165, 1.54) is 5.56 Å². The molecule has 1 amide bonds. The SMILES string of the molecule is Cc1cc(C)c(NC(=O)C2CCc3nc[nH]c3C2)c(C)c1. The van der Waals surface area contributed by atoms with Crippen molar-refractivity contribution in [1.29, 1.82) is 0 Å². The average molecular weight is 283 g/mol. The van der Waals surface area contributed by atoms with E-state index in [9.17, 15) is 4.79 Å². The maximum atomic E-state index is 12.5. The fourth-order valence-corrected chi connectivity index (χ4v) is 3.23. The molecule has 0 bridgehead atoms. The minimum atomic E-state index is 0.0260. The molecule has 1 aromatic heterocycles. The summed E-state index contributed by atoms with van der Waals surface area (Å²) in [6.45, 7) is 6.17. The molecule has 1 heterocycles. The van der Waals surface area contributed by atoms with Crippen molar-refractivity contribution in [2.45, 2.75) is 40.0 Å². The zero-order valence-electron chi connectivity index (χ0n) is 12.8. The van der Waals surface area contributed by atoms with Crippen molar-refractivity contribution in [3.8, 4) is 0 Å². The number of amides is 1. The quantitative estimate of drug-likeness (QED) is 0.890. The fourth-order valence-electron chi connectivity index (χ4n) is 3.23. The minimum absolute atomic E-state index is 0.0260. The lowest BCUT2D eigenvalue weighted by molar-refractivity contribution is -0.120. The van der Waals surface area contributed by atoms with E-state index >= 15 is 0 Å². The van der Waals surface area contributed by atoms with E-state index in [1.807, 2.05) is 13.8 Å². The van der Waals surface area contributed by atoms with Gasteiger partial charge in [-0.3, -0.25) is 4.79 Å². The Bertz CT molecular complexity index is 664. The monoisotopic (exact) mass is 283 g/mol. The Morgan fingerprint density at radius 1 is 1.29 bits per heavy atom. The molecule has 0 spiro atoms. The molecule has 1 unspecified atom stereocenters. The van der Waals surface area contributed by atoms with Crippen LogP contribution < -0.4 is 5.32 Å². The number of anilines is 1. The van der Waals surface area contributed by atoms with Gasteiger partial charge in [0.25, 0.3) is 0 Å². The molecule has 0 saturated heterocycles. The Labute approximate surface area is 125 Å². The Hall–Kier alpha value is -2.10. The third-order valence-corrected chi connectivity index (χ3v) is 4.28. The van der Waals surface area contributed by atoms with Gasteiger partial charge in [0.05, 0.1) is 12.0 Å². The Kier molecular flexibility index (Phi) is 3.53. The van der Waals surface area contributed by atoms with Gasteiger partial charge in [-0.15, -0.1) is 0 Å². The van der Waals surface area contributed by atoms with Crippen LogP contribution in [-0.4, -0.2) is 15.9 Å². The summed E-state index contributed by atoms with van der Waals surface area (Å²) in [4.78, 5) is 20.0. The summed E-state index contributed by atoms with van der Waals surface area (Å²) in [5, 5.41) is 3.13. The summed E-state index contributed by atoms with van der Waals surface area (Å²) in [6.07, 6.45) is 4.22. The molecule has 4 nitrogen and oxygen atoms in total. The molecular weight excluding hydrogens is 262 g/mol. The van der Waals surface area contributed by atoms with Crippen LogP contribution in [0.4, 0.5) is 5.69 Å². The van der Waals surface area contributed by atoms with Crippen molar-refractivity contribution in [2.75, 3.05) is 5.32 Å². The van der Waals surface area contributed by atoms with E-state index < -0.39 is 0 Å². The Balaban J connectivity index is 1.76. The summed E-state index contributed by atoms with van der Waals surface area (Å²) < 4.78 is 0. The van der Waals surface area contributed by atoms with Gasteiger partial charge in [-0.1, -0.05) is 17.7 Å². The lowest BCUT2D eigenvalue weighted by Gasteiger charge is -2.22. The number of hydrogen-bond acceptors (Lipinski definition) is 2. The highest BCUT2D eigenvalue weighted by atomic mass is 16.1. The first kappa shape index (κ1) is 13.9. The van der Waals surface area contributed by atoms with E-state index in [1.54, 1.807) is 6.33 Å². The second-order valence-corrected chi connectivity index (χ2v) is 6.03. The lowest BCUT2D eigenvalue weighted by Crippen LogP contribution is -2.28. The van der Waals surface area contributed by atoms with E-state index in [0.717, 1.165) is 47.5 Å². The largest absolute Gasteiger partial charge is 0.348 e. The second kappa shape index (κ2) is 5.35. The van der Waals surface area contributed by atoms with E-state index in [0.29, 0.717) is 0 Å². The fraction of sp³-hybridized carbons (Fsp3) is 0.412. The number of rotatable bonds is 2. The number of aromatic amines is 1. The number of carbonyl (C=O) groups is 1. The standard InChI is InChI=1S/C17H21N3O/c1-10-6-11(2)16(12(3)7-10)20-17(21)13-4-5-14-15(8-13)19-9-18-14/h6-7,9,13H,4-5,8H2,1-3H3,(H,18,19)(H,20,21). The molecule has 1 aromatic carbocycles. The number of carbonyl (C=O) groups excluding carboxylic acids is 1. The molecular formula is C17H21N3O. The van der Waals surface area contributed by atoms with Crippen LogP contribution in [0.5, 0.6) is 0 Å². The van der Waals surface area contributed by atoms with Crippen molar-refractivity contribution in [3.05, 3.63) is 46.5 Å². The zero-order valence-corrected chi connectivity index (χ0v) is 12.8. The molecule has 1 aliphatic carbocycles. The number of fused-ring (bicyclic) bond motifs is 1. The predicted octanol–water partition coefficient (Wildman–Crippen LogP) is 3.08. The summed E-state index contributed by atoms with van der Waals surface area (Å²) in [5.74, 6) is 0.142. The summed E-state index contributed by atoms with van der Waals surface area (Å²) in [5.41, 5.74) is 6.65. The topological polar surface area (TPSA) is 57.8 Å². The molecule has 0 saturated carbocycles. The number of hydrogen-bond donors (Lipinski definition) is 2. The highest BCUT2D eigenvalue weighted by molar-refractivity contribution is 5.94. The first-order chi connectivity index (χ1) is 10.0. The molecule has 1 aliphatic rings. The van der Waals surface area contributed by atoms with Gasteiger partial charge < -0.3 is 10.3 Å². The van der Waals surface area contributed by atoms with Crippen LogP contribution in [0.15, 0.2) is 18.5 Å². The summed E-state index contributed by atoms with van der Waals surface area (Å²) >= 11 is 0. The molecule has 1 atom stereocenters. The summed E-state index contributed by atoms with van der Waals surface area (Å²) in [6, 6.07) is 4.22. The van der Waals surface area contributed by atoms with E-state index in [2.05, 4.69) is 34.3 Å². The van der Waals surface area contributed by atoms with Crippen LogP contribution in [0.3, 0.4) is 0 Å². The van der Waals surface area contributed by atoms with Crippen LogP contribution in [0, 0.1) is 26.7 Å². The van der Waals surface area contributed by atoms with Gasteiger partial charge in [-0.05, 0) is 44.7 Å². The van der Waals surface area contributed by atoms with Crippen molar-refractivity contribution in [1.82, 2.24) is 9.97 Å². The van der Waals surface area contributed by atoms with E-state index in [-0.39, 0.29) is 11.8 Å². The molecule has 3 rings (SSSR count). The summed E-state index contributed by atoms with van der Waals surface area (Å²) in [7, 11) is 0. The molecule has 0 radical (unpaired) electrons. The first-order valence-corrected chi connectivity index (χ1v) is 7.44. The van der Waals surface area contributed by atoms with Crippen LogP contribution in [0.25, 0.3) is 0 Å². The molecule has 110 valence electrons. The third kappa shape index (κ3) is 2.71. The van der Waals surface area contributed by atoms with Gasteiger partial charge in [0.1, 0.15) is 0 Å². The highest BCUT2D eigenvalue weighted by Crippen LogP contribution is 2.26. The number of benzene rings is 1. The first-order valence-electron chi connectivity index (χ1n) is 7.44. The molecule has 2 aromatic rings. The predicted molar refractivity (Wildman–Crippen MR) is 83.4 cm³/mol. The van der Waals surface area contributed by atoms with Crippen molar-refractivity contribution in [2.24, 2.45) is 5.92 Å². The lowest BCUT2D eigenvalue weighted by atomic mass is 9.89. The smallest absolute Gasteiger partial charge is 0.227 e. The maximum Gasteiger partial charge on any atom is 0.227 e. The van der Waals surface area contributed by atoms with Gasteiger partial charge in [-0.2, -0.15) is 0 Å². The van der Waals surface area contributed by atoms with Crippen LogP contribution in [0.2, 0.25) is 0 Å². The molecule has 0 fully saturated rings. The van der Waals surface area contributed by atoms with Crippen LogP contribution >= 0.6 is 0 Å². The van der Waals surface area contributed by atoms with Gasteiger partial charge in [-0.25, -0.2) is 4.98 Å². The highest BCUT2D eigenvalue weighted by Gasteiger charge is 2.26. The van der Waals surface area contributed by atoms with Crippen molar-refractivity contribution < 1.29 is 4.79 Å². The van der Waals surface area contributed by atoms with Gasteiger partial charge in [0.15, 0.2) is 0 Å². The number of imidazole rings is 1. The molecule has 2 N–H and O–H groups in total. The third-order valence-electron chi connectivity index (χ3n) is 4.28. The van der Waals surface area contributed by atoms with Crippen LogP contribution in [0.1, 0.15) is 34.5 Å². The normalized spacial score (nSPS) is 17.4. The number of nitrogens with zero attached hydrogens (tertiary/aromatic N) is 1. The second-order valence-electron chi connectivity index (χ2n) is 6.03. The molecule has 4 heteroatoms. The number of nitrogens with one attached hydrogen (secondary N) is 2. The Morgan fingerprint density at radius 3 is 2.71 bits per heavy atom. The maximum absolute atomic E-state index is 12.5. The molecule has 0 aliphatic heterocycles. The average Bonchev–Trinajstić information content (AvgIpc) is 2.89. The number of H-pyrrole nitrogens is 1. The zero-order chi connectivity index (χ0) is 15.0. The Morgan fingerprint density at radius 2 is 2.00 bits per heavy atom. The van der Waals surface area contributed by atoms with Crippen LogP contribution in [-0.2, 0) is 17.6 Å².